The van der Waals surface area contributed by atoms with Gasteiger partial charge in [-0.3, -0.25) is 9.59 Å². The van der Waals surface area contributed by atoms with E-state index < -0.39 is 18.1 Å². The quantitative estimate of drug-likeness (QED) is 0.389. The molecule has 0 saturated heterocycles. The van der Waals surface area contributed by atoms with E-state index in [0.717, 1.165) is 0 Å². The van der Waals surface area contributed by atoms with Gasteiger partial charge in [0, 0.05) is 20.1 Å². The lowest BCUT2D eigenvalue weighted by Gasteiger charge is -2.12. The number of hydrogen-bond acceptors (Lipinski definition) is 4. The Morgan fingerprint density at radius 1 is 1.50 bits per heavy atom. The van der Waals surface area contributed by atoms with Crippen molar-refractivity contribution in [3.63, 3.8) is 0 Å². The van der Waals surface area contributed by atoms with E-state index in [-0.39, 0.29) is 12.3 Å². The zero-order valence-corrected chi connectivity index (χ0v) is 10.5. The van der Waals surface area contributed by atoms with Crippen molar-refractivity contribution in [2.24, 2.45) is 5.73 Å². The lowest BCUT2D eigenvalue weighted by molar-refractivity contribution is -0.138. The van der Waals surface area contributed by atoms with Gasteiger partial charge in [-0.05, 0) is 19.3 Å². The van der Waals surface area contributed by atoms with E-state index in [4.69, 9.17) is 22.0 Å². The second-order valence-corrected chi connectivity index (χ2v) is 3.86. The second kappa shape index (κ2) is 9.45. The van der Waals surface area contributed by atoms with Gasteiger partial charge in [-0.2, -0.15) is 0 Å². The summed E-state index contributed by atoms with van der Waals surface area (Å²) in [6, 6.07) is -0.839. The van der Waals surface area contributed by atoms with E-state index in [1.807, 2.05) is 0 Å². The van der Waals surface area contributed by atoms with E-state index in [2.05, 4.69) is 11.2 Å². The molecule has 0 rings (SSSR count). The smallest absolute Gasteiger partial charge is 0.320 e. The van der Waals surface area contributed by atoms with Crippen LogP contribution in [-0.2, 0) is 14.3 Å². The zero-order chi connectivity index (χ0) is 14.0. The van der Waals surface area contributed by atoms with Crippen molar-refractivity contribution >= 4 is 11.9 Å². The highest BCUT2D eigenvalue weighted by Gasteiger charge is 2.15. The van der Waals surface area contributed by atoms with Crippen LogP contribution in [0.4, 0.5) is 0 Å². The lowest BCUT2D eigenvalue weighted by Crippen LogP contribution is -2.36. The topological polar surface area (TPSA) is 102 Å². The minimum Gasteiger partial charge on any atom is -0.480 e. The molecule has 6 nitrogen and oxygen atoms in total. The molecule has 6 heteroatoms. The number of unbranched alkanes of at least 4 members (excludes halogenated alkanes) is 1. The summed E-state index contributed by atoms with van der Waals surface area (Å²) in [4.78, 5) is 22.0. The summed E-state index contributed by atoms with van der Waals surface area (Å²) in [6.45, 7) is 0.454. The minimum atomic E-state index is -1.01. The molecule has 0 aliphatic heterocycles. The van der Waals surface area contributed by atoms with Gasteiger partial charge < -0.3 is 20.9 Å². The number of terminal acetylenes is 1. The molecule has 0 aromatic rings. The Morgan fingerprint density at radius 3 is 2.67 bits per heavy atom. The average Bonchev–Trinajstić information content (AvgIpc) is 2.34. The molecule has 0 fully saturated rings. The van der Waals surface area contributed by atoms with Crippen molar-refractivity contribution in [3.8, 4) is 12.3 Å². The summed E-state index contributed by atoms with van der Waals surface area (Å²) in [6.07, 6.45) is 6.40. The third-order valence-electron chi connectivity index (χ3n) is 2.44. The Kier molecular flexibility index (Phi) is 8.62. The SMILES string of the molecule is C#CCC(OC)C(=O)NCCCCC(N)C(=O)O. The number of hydrogen-bond donors (Lipinski definition) is 3. The molecule has 102 valence electrons. The third-order valence-corrected chi connectivity index (χ3v) is 2.44. The van der Waals surface area contributed by atoms with Crippen LogP contribution in [0.1, 0.15) is 25.7 Å². The molecule has 0 saturated carbocycles. The lowest BCUT2D eigenvalue weighted by atomic mass is 10.1. The Hall–Kier alpha value is -1.58. The predicted octanol–water partition coefficient (Wildman–Crippen LogP) is -0.277. The van der Waals surface area contributed by atoms with Crippen LogP contribution in [0.15, 0.2) is 0 Å². The largest absolute Gasteiger partial charge is 0.480 e. The van der Waals surface area contributed by atoms with Crippen molar-refractivity contribution in [1.29, 1.82) is 0 Å². The van der Waals surface area contributed by atoms with Crippen molar-refractivity contribution in [3.05, 3.63) is 0 Å². The Bertz CT molecular complexity index is 312. The van der Waals surface area contributed by atoms with Crippen LogP contribution in [0.5, 0.6) is 0 Å². The molecular weight excluding hydrogens is 236 g/mol. The van der Waals surface area contributed by atoms with E-state index in [0.29, 0.717) is 25.8 Å². The summed E-state index contributed by atoms with van der Waals surface area (Å²) in [7, 11) is 1.42. The second-order valence-electron chi connectivity index (χ2n) is 3.86. The van der Waals surface area contributed by atoms with E-state index in [9.17, 15) is 9.59 Å². The first-order chi connectivity index (χ1) is 8.52. The number of nitrogens with two attached hydrogens (primary N) is 1. The molecule has 0 heterocycles. The van der Waals surface area contributed by atoms with E-state index in [1.165, 1.54) is 7.11 Å². The van der Waals surface area contributed by atoms with Gasteiger partial charge in [0.25, 0.3) is 0 Å². The number of amides is 1. The fourth-order valence-electron chi connectivity index (χ4n) is 1.33. The van der Waals surface area contributed by atoms with Crippen LogP contribution >= 0.6 is 0 Å². The molecule has 2 atom stereocenters. The fourth-order valence-corrected chi connectivity index (χ4v) is 1.33. The van der Waals surface area contributed by atoms with E-state index in [1.54, 1.807) is 0 Å². The Labute approximate surface area is 107 Å². The fraction of sp³-hybridized carbons (Fsp3) is 0.667. The van der Waals surface area contributed by atoms with Crippen LogP contribution < -0.4 is 11.1 Å². The number of aliphatic carboxylic acids is 1. The molecule has 0 aliphatic rings. The monoisotopic (exact) mass is 256 g/mol. The molecule has 0 aromatic carbocycles. The van der Waals surface area contributed by atoms with Gasteiger partial charge in [-0.25, -0.2) is 0 Å². The number of carboxylic acid groups (broad SMARTS) is 1. The summed E-state index contributed by atoms with van der Waals surface area (Å²) in [5, 5.41) is 11.2. The molecule has 2 unspecified atom stereocenters. The third kappa shape index (κ3) is 6.89. The highest BCUT2D eigenvalue weighted by atomic mass is 16.5. The average molecular weight is 256 g/mol. The number of ether oxygens (including phenoxy) is 1. The highest BCUT2D eigenvalue weighted by Crippen LogP contribution is 2.00. The summed E-state index contributed by atoms with van der Waals surface area (Å²) in [5.41, 5.74) is 5.34. The van der Waals surface area contributed by atoms with Crippen molar-refractivity contribution < 1.29 is 19.4 Å². The maximum atomic E-state index is 11.5. The number of carboxylic acids is 1. The van der Waals surface area contributed by atoms with Gasteiger partial charge in [0.05, 0.1) is 0 Å². The van der Waals surface area contributed by atoms with Gasteiger partial charge in [0.2, 0.25) is 5.91 Å². The molecule has 18 heavy (non-hydrogen) atoms. The number of rotatable bonds is 9. The van der Waals surface area contributed by atoms with Gasteiger partial charge in [-0.1, -0.05) is 0 Å². The number of methoxy groups -OCH3 is 1. The molecular formula is C12H20N2O4. The molecule has 0 radical (unpaired) electrons. The first-order valence-electron chi connectivity index (χ1n) is 5.75. The van der Waals surface area contributed by atoms with Gasteiger partial charge in [0.1, 0.15) is 12.1 Å². The van der Waals surface area contributed by atoms with Crippen LogP contribution in [0, 0.1) is 12.3 Å². The summed E-state index contributed by atoms with van der Waals surface area (Å²) < 4.78 is 4.93. The van der Waals surface area contributed by atoms with Crippen LogP contribution in [0.25, 0.3) is 0 Å². The van der Waals surface area contributed by atoms with Gasteiger partial charge in [0.15, 0.2) is 0 Å². The highest BCUT2D eigenvalue weighted by molar-refractivity contribution is 5.81. The Morgan fingerprint density at radius 2 is 2.17 bits per heavy atom. The van der Waals surface area contributed by atoms with Crippen LogP contribution in [-0.4, -0.2) is 42.8 Å². The molecule has 1 amide bonds. The maximum Gasteiger partial charge on any atom is 0.320 e. The minimum absolute atomic E-state index is 0.228. The van der Waals surface area contributed by atoms with Gasteiger partial charge in [-0.15, -0.1) is 12.3 Å². The standard InChI is InChI=1S/C12H20N2O4/c1-3-6-10(18-2)11(15)14-8-5-4-7-9(13)12(16)17/h1,9-10H,4-8,13H2,2H3,(H,14,15)(H,16,17). The molecule has 0 spiro atoms. The Balaban J connectivity index is 3.69. The molecule has 0 aliphatic carbocycles. The number of carbonyl (C=O) groups is 2. The van der Waals surface area contributed by atoms with Gasteiger partial charge >= 0.3 is 5.97 Å². The number of carbonyl (C=O) groups excluding carboxylic acids is 1. The first-order valence-corrected chi connectivity index (χ1v) is 5.75. The van der Waals surface area contributed by atoms with Crippen molar-refractivity contribution in [2.75, 3.05) is 13.7 Å². The first kappa shape index (κ1) is 16.4. The van der Waals surface area contributed by atoms with Crippen molar-refractivity contribution in [2.45, 2.75) is 37.8 Å². The van der Waals surface area contributed by atoms with Crippen molar-refractivity contribution in [1.82, 2.24) is 5.32 Å². The number of nitrogens with one attached hydrogen (secondary N) is 1. The normalized spacial score (nSPS) is 13.4. The van der Waals surface area contributed by atoms with Crippen LogP contribution in [0.2, 0.25) is 0 Å². The molecule has 4 N–H and O–H groups in total. The maximum absolute atomic E-state index is 11.5. The molecule has 0 bridgehead atoms. The van der Waals surface area contributed by atoms with Crippen LogP contribution in [0.3, 0.4) is 0 Å². The van der Waals surface area contributed by atoms with E-state index >= 15 is 0 Å². The summed E-state index contributed by atoms with van der Waals surface area (Å²) >= 11 is 0. The zero-order valence-electron chi connectivity index (χ0n) is 10.5. The summed E-state index contributed by atoms with van der Waals surface area (Å²) in [5.74, 6) is 1.10. The predicted molar refractivity (Wildman–Crippen MR) is 66.7 cm³/mol. The molecule has 0 aromatic heterocycles.